The number of rotatable bonds is 5. The number of hydrogen-bond donors (Lipinski definition) is 1. The molecule has 6 heteroatoms. The smallest absolute Gasteiger partial charge is 0.287 e. The summed E-state index contributed by atoms with van der Waals surface area (Å²) in [7, 11) is 0. The van der Waals surface area contributed by atoms with Crippen molar-refractivity contribution in [3.05, 3.63) is 28.1 Å². The predicted molar refractivity (Wildman–Crippen MR) is 71.9 cm³/mol. The Balaban J connectivity index is 2.87. The van der Waals surface area contributed by atoms with Gasteiger partial charge in [-0.3, -0.25) is 14.9 Å². The lowest BCUT2D eigenvalue weighted by molar-refractivity contribution is -0.384. The lowest BCUT2D eigenvalue weighted by Gasteiger charge is -2.11. The highest BCUT2D eigenvalue weighted by atomic mass is 16.6. The molecule has 0 aromatic carbocycles. The van der Waals surface area contributed by atoms with E-state index >= 15 is 0 Å². The molecule has 6 nitrogen and oxygen atoms in total. The maximum Gasteiger partial charge on any atom is 0.287 e. The largest absolute Gasteiger partial charge is 0.350 e. The number of carbonyl (C=O) groups is 1. The van der Waals surface area contributed by atoms with Gasteiger partial charge in [0.05, 0.1) is 11.1 Å². The van der Waals surface area contributed by atoms with Gasteiger partial charge in [-0.1, -0.05) is 0 Å². The van der Waals surface area contributed by atoms with Crippen LogP contribution in [0.5, 0.6) is 0 Å². The van der Waals surface area contributed by atoms with Crippen molar-refractivity contribution in [2.24, 2.45) is 0 Å². The molecule has 1 aromatic rings. The van der Waals surface area contributed by atoms with E-state index in [1.165, 1.54) is 12.3 Å². The summed E-state index contributed by atoms with van der Waals surface area (Å²) in [4.78, 5) is 22.2. The average Bonchev–Trinajstić information content (AvgIpc) is 2.79. The summed E-state index contributed by atoms with van der Waals surface area (Å²) in [5.74, 6) is 5.25. The van der Waals surface area contributed by atoms with E-state index in [-0.39, 0.29) is 17.6 Å². The van der Waals surface area contributed by atoms with Gasteiger partial charge in [0.1, 0.15) is 5.69 Å². The second-order valence-electron chi connectivity index (χ2n) is 4.27. The molecule has 0 fully saturated rings. The molecule has 0 aliphatic rings. The lowest BCUT2D eigenvalue weighted by atomic mass is 10.3. The Morgan fingerprint density at radius 2 is 2.26 bits per heavy atom. The van der Waals surface area contributed by atoms with Crippen molar-refractivity contribution >= 4 is 11.6 Å². The number of carbonyl (C=O) groups excluding carboxylic acids is 1. The molecular formula is C13H17N3O3. The minimum atomic E-state index is -0.502. The number of nitrogens with zero attached hydrogens (tertiary/aromatic N) is 2. The standard InChI is InChI=1S/C13H17N3O3/c1-4-5-6-7-14-13(17)12-8-11(16(18)19)9-15(12)10(2)3/h8-10H,6-7H2,1-3H3,(H,14,17). The third-order valence-corrected chi connectivity index (χ3v) is 2.55. The van der Waals surface area contributed by atoms with Crippen molar-refractivity contribution < 1.29 is 9.72 Å². The first kappa shape index (κ1) is 14.8. The van der Waals surface area contributed by atoms with Gasteiger partial charge in [0, 0.05) is 25.1 Å². The third kappa shape index (κ3) is 3.85. The summed E-state index contributed by atoms with van der Waals surface area (Å²) < 4.78 is 1.60. The summed E-state index contributed by atoms with van der Waals surface area (Å²) in [6, 6.07) is 1.27. The van der Waals surface area contributed by atoms with E-state index < -0.39 is 4.92 Å². The molecule has 1 rings (SSSR count). The number of nitro groups is 1. The molecule has 102 valence electrons. The number of amides is 1. The highest BCUT2D eigenvalue weighted by molar-refractivity contribution is 5.93. The van der Waals surface area contributed by atoms with E-state index in [4.69, 9.17) is 0 Å². The third-order valence-electron chi connectivity index (χ3n) is 2.55. The van der Waals surface area contributed by atoms with Crippen LogP contribution in [-0.2, 0) is 0 Å². The van der Waals surface area contributed by atoms with Crippen LogP contribution in [0.15, 0.2) is 12.3 Å². The normalized spacial score (nSPS) is 9.89. The van der Waals surface area contributed by atoms with Crippen LogP contribution in [0.2, 0.25) is 0 Å². The van der Waals surface area contributed by atoms with Crippen molar-refractivity contribution in [3.8, 4) is 11.8 Å². The van der Waals surface area contributed by atoms with Crippen molar-refractivity contribution in [1.29, 1.82) is 0 Å². The molecule has 19 heavy (non-hydrogen) atoms. The molecule has 1 amide bonds. The summed E-state index contributed by atoms with van der Waals surface area (Å²) in [6.45, 7) is 5.89. The van der Waals surface area contributed by atoms with Gasteiger partial charge in [-0.05, 0) is 20.8 Å². The van der Waals surface area contributed by atoms with Crippen LogP contribution in [0.4, 0.5) is 5.69 Å². The van der Waals surface area contributed by atoms with E-state index in [1.54, 1.807) is 11.5 Å². The summed E-state index contributed by atoms with van der Waals surface area (Å²) in [5, 5.41) is 13.4. The van der Waals surface area contributed by atoms with Crippen molar-refractivity contribution in [1.82, 2.24) is 9.88 Å². The SMILES string of the molecule is CC#CCCNC(=O)c1cc([N+](=O)[O-])cn1C(C)C. The molecule has 0 aliphatic carbocycles. The average molecular weight is 263 g/mol. The van der Waals surface area contributed by atoms with Gasteiger partial charge in [-0.2, -0.15) is 0 Å². The Kier molecular flexibility index (Phi) is 5.12. The molecule has 1 heterocycles. The van der Waals surface area contributed by atoms with Crippen LogP contribution in [0.25, 0.3) is 0 Å². The molecule has 1 aromatic heterocycles. The molecule has 0 spiro atoms. The monoisotopic (exact) mass is 263 g/mol. The first-order valence-corrected chi connectivity index (χ1v) is 6.01. The van der Waals surface area contributed by atoms with Gasteiger partial charge < -0.3 is 9.88 Å². The maximum absolute atomic E-state index is 12.0. The second kappa shape index (κ2) is 6.59. The zero-order valence-corrected chi connectivity index (χ0v) is 11.3. The predicted octanol–water partition coefficient (Wildman–Crippen LogP) is 2.12. The topological polar surface area (TPSA) is 77.2 Å². The van der Waals surface area contributed by atoms with Crippen LogP contribution < -0.4 is 5.32 Å². The molecule has 1 N–H and O–H groups in total. The van der Waals surface area contributed by atoms with Gasteiger partial charge in [0.15, 0.2) is 0 Å². The highest BCUT2D eigenvalue weighted by Crippen LogP contribution is 2.20. The van der Waals surface area contributed by atoms with Crippen molar-refractivity contribution in [2.45, 2.75) is 33.2 Å². The lowest BCUT2D eigenvalue weighted by Crippen LogP contribution is -2.27. The van der Waals surface area contributed by atoms with E-state index in [0.717, 1.165) is 0 Å². The molecule has 0 saturated heterocycles. The minimum absolute atomic E-state index is 0.0233. The summed E-state index contributed by atoms with van der Waals surface area (Å²) in [5.41, 5.74) is 0.221. The number of nitrogens with one attached hydrogen (secondary N) is 1. The highest BCUT2D eigenvalue weighted by Gasteiger charge is 2.20. The summed E-state index contributed by atoms with van der Waals surface area (Å²) in [6.07, 6.45) is 1.94. The Hall–Kier alpha value is -2.29. The van der Waals surface area contributed by atoms with E-state index in [0.29, 0.717) is 18.7 Å². The fourth-order valence-electron chi connectivity index (χ4n) is 1.63. The molecule has 0 atom stereocenters. The fraction of sp³-hybridized carbons (Fsp3) is 0.462. The Bertz CT molecular complexity index is 535. The van der Waals surface area contributed by atoms with Crippen molar-refractivity contribution in [3.63, 3.8) is 0 Å². The van der Waals surface area contributed by atoms with Gasteiger partial charge in [-0.15, -0.1) is 11.8 Å². The zero-order valence-electron chi connectivity index (χ0n) is 11.3. The Labute approximate surface area is 111 Å². The molecule has 0 radical (unpaired) electrons. The first-order valence-electron chi connectivity index (χ1n) is 6.01. The zero-order chi connectivity index (χ0) is 14.4. The minimum Gasteiger partial charge on any atom is -0.350 e. The van der Waals surface area contributed by atoms with Gasteiger partial charge in [0.2, 0.25) is 0 Å². The van der Waals surface area contributed by atoms with E-state index in [9.17, 15) is 14.9 Å². The molecular weight excluding hydrogens is 246 g/mol. The fourth-order valence-corrected chi connectivity index (χ4v) is 1.63. The molecule has 0 bridgehead atoms. The van der Waals surface area contributed by atoms with Crippen LogP contribution in [-0.4, -0.2) is 21.9 Å². The van der Waals surface area contributed by atoms with Crippen molar-refractivity contribution in [2.75, 3.05) is 6.54 Å². The van der Waals surface area contributed by atoms with Gasteiger partial charge >= 0.3 is 0 Å². The van der Waals surface area contributed by atoms with Gasteiger partial charge in [0.25, 0.3) is 11.6 Å². The number of aromatic nitrogens is 1. The molecule has 0 unspecified atom stereocenters. The Morgan fingerprint density at radius 1 is 1.58 bits per heavy atom. The second-order valence-corrected chi connectivity index (χ2v) is 4.27. The van der Waals surface area contributed by atoms with E-state index in [2.05, 4.69) is 17.2 Å². The van der Waals surface area contributed by atoms with Crippen LogP contribution in [0, 0.1) is 22.0 Å². The molecule has 0 aliphatic heterocycles. The number of hydrogen-bond acceptors (Lipinski definition) is 3. The Morgan fingerprint density at radius 3 is 2.79 bits per heavy atom. The first-order chi connectivity index (χ1) is 8.97. The van der Waals surface area contributed by atoms with Gasteiger partial charge in [-0.25, -0.2) is 0 Å². The van der Waals surface area contributed by atoms with Crippen LogP contribution in [0.3, 0.4) is 0 Å². The van der Waals surface area contributed by atoms with Crippen LogP contribution >= 0.6 is 0 Å². The van der Waals surface area contributed by atoms with Crippen LogP contribution in [0.1, 0.15) is 43.7 Å². The van der Waals surface area contributed by atoms with E-state index in [1.807, 2.05) is 13.8 Å². The maximum atomic E-state index is 12.0. The summed E-state index contributed by atoms with van der Waals surface area (Å²) >= 11 is 0. The molecule has 0 saturated carbocycles. The quantitative estimate of drug-likeness (QED) is 0.382.